The van der Waals surface area contributed by atoms with Gasteiger partial charge >= 0.3 is 12.2 Å². The van der Waals surface area contributed by atoms with Gasteiger partial charge in [0, 0.05) is 28.4 Å². The third-order valence-corrected chi connectivity index (χ3v) is 12.9. The van der Waals surface area contributed by atoms with E-state index in [9.17, 15) is 19.2 Å². The molecule has 4 amide bonds. The Kier molecular flexibility index (Phi) is 13.5. The van der Waals surface area contributed by atoms with Crippen LogP contribution < -0.4 is 10.6 Å². The summed E-state index contributed by atoms with van der Waals surface area (Å²) in [6.07, 6.45) is 5.46. The Bertz CT molecular complexity index is 2580. The van der Waals surface area contributed by atoms with Gasteiger partial charge in [0.25, 0.3) is 5.91 Å². The maximum absolute atomic E-state index is 14.0. The van der Waals surface area contributed by atoms with Gasteiger partial charge < -0.3 is 39.9 Å². The Balaban J connectivity index is 1.02. The molecular weight excluding hydrogens is 829 g/mol. The number of nitrogens with zero attached hydrogens (tertiary/aromatic N) is 4. The number of likely N-dealkylation sites (tertiary alicyclic amines) is 2. The van der Waals surface area contributed by atoms with Crippen molar-refractivity contribution < 1.29 is 28.7 Å². The van der Waals surface area contributed by atoms with Crippen molar-refractivity contribution in [2.24, 2.45) is 5.92 Å². The van der Waals surface area contributed by atoms with Gasteiger partial charge in [-0.05, 0) is 72.1 Å². The van der Waals surface area contributed by atoms with Crippen LogP contribution in [-0.4, -0.2) is 87.1 Å². The predicted molar refractivity (Wildman–Crippen MR) is 244 cm³/mol. The van der Waals surface area contributed by atoms with Crippen LogP contribution in [0.4, 0.5) is 9.59 Å². The summed E-state index contributed by atoms with van der Waals surface area (Å²) in [6.45, 7) is 4.92. The van der Waals surface area contributed by atoms with Gasteiger partial charge in [0.05, 0.1) is 50.1 Å². The number of methoxy groups -OCH3 is 2. The predicted octanol–water partition coefficient (Wildman–Crippen LogP) is 9.09. The van der Waals surface area contributed by atoms with Crippen LogP contribution in [0.1, 0.15) is 74.9 Å². The SMILES string of the molecule is COC(=O)N[C@H](C(=O)N1CCC[C@H]1c1ncc(-c2ccc(-c3ccc(-c4cnc([C@@H]5CCCN5C(=O)[C@H](NC(=O)OC)c5ccccc5)[nH]4)cc3)c(Sc3ccccc3)c2)[nH]1)C(C)C. The largest absolute Gasteiger partial charge is 0.453 e. The number of ether oxygens (including phenoxy) is 2. The van der Waals surface area contributed by atoms with Crippen LogP contribution in [0, 0.1) is 5.92 Å². The minimum atomic E-state index is -0.894. The molecule has 2 fully saturated rings. The van der Waals surface area contributed by atoms with E-state index in [-0.39, 0.29) is 29.8 Å². The number of nitrogens with one attached hydrogen (secondary N) is 4. The Morgan fingerprint density at radius 2 is 1.20 bits per heavy atom. The highest BCUT2D eigenvalue weighted by atomic mass is 32.2. The van der Waals surface area contributed by atoms with Gasteiger partial charge in [0.2, 0.25) is 5.91 Å². The summed E-state index contributed by atoms with van der Waals surface area (Å²) in [5, 5.41) is 5.44. The van der Waals surface area contributed by atoms with Gasteiger partial charge in [0.15, 0.2) is 0 Å². The van der Waals surface area contributed by atoms with Crippen LogP contribution in [0.3, 0.4) is 0 Å². The fourth-order valence-corrected chi connectivity index (χ4v) is 9.58. The molecule has 330 valence electrons. The topological polar surface area (TPSA) is 175 Å². The minimum Gasteiger partial charge on any atom is -0.453 e. The van der Waals surface area contributed by atoms with Crippen LogP contribution >= 0.6 is 11.8 Å². The normalized spacial score (nSPS) is 17.0. The molecule has 4 N–H and O–H groups in total. The van der Waals surface area contributed by atoms with Gasteiger partial charge in [-0.1, -0.05) is 111 Å². The van der Waals surface area contributed by atoms with Crippen LogP contribution in [0.2, 0.25) is 0 Å². The first kappa shape index (κ1) is 43.8. The van der Waals surface area contributed by atoms with Gasteiger partial charge in [-0.2, -0.15) is 0 Å². The van der Waals surface area contributed by atoms with Crippen molar-refractivity contribution in [1.82, 2.24) is 40.4 Å². The number of H-pyrrole nitrogens is 2. The third-order valence-electron chi connectivity index (χ3n) is 11.9. The lowest BCUT2D eigenvalue weighted by atomic mass is 10.0. The highest BCUT2D eigenvalue weighted by Gasteiger charge is 2.39. The molecule has 0 aliphatic carbocycles. The van der Waals surface area contributed by atoms with Crippen molar-refractivity contribution in [3.8, 4) is 33.6 Å². The summed E-state index contributed by atoms with van der Waals surface area (Å²) in [5.41, 5.74) is 6.36. The van der Waals surface area contributed by atoms with Crippen LogP contribution in [0.25, 0.3) is 33.6 Å². The number of imidazole rings is 2. The van der Waals surface area contributed by atoms with E-state index in [0.29, 0.717) is 30.3 Å². The monoisotopic (exact) mass is 880 g/mol. The molecule has 6 aromatic rings. The smallest absolute Gasteiger partial charge is 0.407 e. The summed E-state index contributed by atoms with van der Waals surface area (Å²) in [4.78, 5) is 74.5. The zero-order valence-corrected chi connectivity index (χ0v) is 37.1. The first-order chi connectivity index (χ1) is 31.1. The maximum Gasteiger partial charge on any atom is 0.407 e. The Hall–Kier alpha value is -6.87. The molecule has 4 heterocycles. The van der Waals surface area contributed by atoms with E-state index in [1.54, 1.807) is 22.9 Å². The van der Waals surface area contributed by atoms with Crippen molar-refractivity contribution >= 4 is 35.8 Å². The number of hydrogen-bond donors (Lipinski definition) is 4. The van der Waals surface area contributed by atoms with Gasteiger partial charge in [-0.15, -0.1) is 0 Å². The maximum atomic E-state index is 14.0. The van der Waals surface area contributed by atoms with Crippen molar-refractivity contribution in [3.63, 3.8) is 0 Å². The lowest BCUT2D eigenvalue weighted by molar-refractivity contribution is -0.135. The minimum absolute atomic E-state index is 0.126. The van der Waals surface area contributed by atoms with E-state index in [4.69, 9.17) is 19.4 Å². The number of rotatable bonds is 13. The summed E-state index contributed by atoms with van der Waals surface area (Å²) in [7, 11) is 2.57. The molecule has 14 nitrogen and oxygen atoms in total. The number of aromatic nitrogens is 4. The second-order valence-electron chi connectivity index (χ2n) is 16.3. The highest BCUT2D eigenvalue weighted by Crippen LogP contribution is 2.40. The second-order valence-corrected chi connectivity index (χ2v) is 17.4. The Morgan fingerprint density at radius 3 is 1.80 bits per heavy atom. The number of carbonyl (C=O) groups is 4. The first-order valence-corrected chi connectivity index (χ1v) is 22.4. The molecule has 0 spiro atoms. The summed E-state index contributed by atoms with van der Waals surface area (Å²) in [5.74, 6) is 0.903. The zero-order valence-electron chi connectivity index (χ0n) is 36.2. The van der Waals surface area contributed by atoms with E-state index < -0.39 is 24.3 Å². The molecule has 4 aromatic carbocycles. The van der Waals surface area contributed by atoms with Crippen LogP contribution in [0.5, 0.6) is 0 Å². The molecule has 15 heteroatoms. The molecule has 2 saturated heterocycles. The fourth-order valence-electron chi connectivity index (χ4n) is 8.55. The number of aromatic amines is 2. The Morgan fingerprint density at radius 1 is 0.672 bits per heavy atom. The van der Waals surface area contributed by atoms with Crippen LogP contribution in [-0.2, 0) is 19.1 Å². The van der Waals surface area contributed by atoms with Crippen LogP contribution in [0.15, 0.2) is 125 Å². The molecule has 8 rings (SSSR count). The summed E-state index contributed by atoms with van der Waals surface area (Å²) in [6, 6.07) is 32.0. The van der Waals surface area contributed by atoms with E-state index in [0.717, 1.165) is 69.1 Å². The molecule has 4 atom stereocenters. The average Bonchev–Trinajstić information content (AvgIpc) is 4.18. The molecule has 2 aromatic heterocycles. The van der Waals surface area contributed by atoms with E-state index in [1.807, 2.05) is 73.5 Å². The van der Waals surface area contributed by atoms with Crippen molar-refractivity contribution in [2.45, 2.75) is 73.5 Å². The summed E-state index contributed by atoms with van der Waals surface area (Å²) >= 11 is 1.68. The number of amides is 4. The lowest BCUT2D eigenvalue weighted by Gasteiger charge is -2.30. The van der Waals surface area contributed by atoms with Gasteiger partial charge in [0.1, 0.15) is 23.7 Å². The van der Waals surface area contributed by atoms with E-state index >= 15 is 0 Å². The molecular formula is C49H52N8O6S. The standard InChI is InChI=1S/C49H52N8O6S/c1-30(2)42(54-48(60)62-3)46(58)56-25-11-17-39(56)45-51-29-38(53-45)34-23-24-36(41(27-34)64-35-15-9-6-10-16-35)31-19-21-32(22-20-31)37-28-50-44(52-37)40-18-12-26-57(40)47(59)43(55-49(61)63-4)33-13-7-5-8-14-33/h5-10,13-16,19-24,27-30,39-40,42-43H,11-12,17-18,25-26H2,1-4H3,(H,50,52)(H,51,53)(H,54,60)(H,55,61)/t39-,40-,42-,43+/m0/s1. The number of alkyl carbamates (subject to hydrolysis) is 2. The Labute approximate surface area is 376 Å². The first-order valence-electron chi connectivity index (χ1n) is 21.5. The van der Waals surface area contributed by atoms with Gasteiger partial charge in [-0.25, -0.2) is 19.6 Å². The fraction of sp³-hybridized carbons (Fsp3) is 0.306. The number of benzene rings is 4. The molecule has 0 saturated carbocycles. The number of carbonyl (C=O) groups excluding carboxylic acids is 4. The molecule has 0 unspecified atom stereocenters. The summed E-state index contributed by atoms with van der Waals surface area (Å²) < 4.78 is 9.65. The van der Waals surface area contributed by atoms with Crippen molar-refractivity contribution in [1.29, 1.82) is 0 Å². The zero-order chi connectivity index (χ0) is 44.7. The van der Waals surface area contributed by atoms with E-state index in [1.165, 1.54) is 14.2 Å². The van der Waals surface area contributed by atoms with Gasteiger partial charge in [-0.3, -0.25) is 9.59 Å². The quantitative estimate of drug-likeness (QED) is 0.0882. The van der Waals surface area contributed by atoms with Crippen molar-refractivity contribution in [3.05, 3.63) is 133 Å². The lowest BCUT2D eigenvalue weighted by Crippen LogP contribution is -2.51. The van der Waals surface area contributed by atoms with E-state index in [2.05, 4.69) is 75.2 Å². The second kappa shape index (κ2) is 19.7. The molecule has 2 aliphatic rings. The molecule has 0 bridgehead atoms. The molecule has 2 aliphatic heterocycles. The third kappa shape index (κ3) is 9.54. The highest BCUT2D eigenvalue weighted by molar-refractivity contribution is 7.99. The number of hydrogen-bond acceptors (Lipinski definition) is 9. The molecule has 64 heavy (non-hydrogen) atoms. The van der Waals surface area contributed by atoms with Crippen molar-refractivity contribution in [2.75, 3.05) is 27.3 Å². The average molecular weight is 881 g/mol. The molecule has 0 radical (unpaired) electrons.